The van der Waals surface area contributed by atoms with Gasteiger partial charge in [0, 0.05) is 52.6 Å². The van der Waals surface area contributed by atoms with Crippen LogP contribution < -0.4 is 10.8 Å². The average Bonchev–Trinajstić information content (AvgIpc) is 3.20. The van der Waals surface area contributed by atoms with Gasteiger partial charge in [-0.15, -0.1) is 0 Å². The Bertz CT molecular complexity index is 1330. The average molecular weight is 476 g/mol. The molecule has 0 bridgehead atoms. The number of amides is 1. The van der Waals surface area contributed by atoms with Crippen molar-refractivity contribution in [1.29, 1.82) is 0 Å². The molecule has 33 heavy (non-hydrogen) atoms. The summed E-state index contributed by atoms with van der Waals surface area (Å²) in [7, 11) is 6.12. The number of carbonyl (C=O) groups is 1. The van der Waals surface area contributed by atoms with Crippen molar-refractivity contribution in [2.75, 3.05) is 18.4 Å². The number of aromatic nitrogens is 3. The Morgan fingerprint density at radius 2 is 1.85 bits per heavy atom. The first-order valence-electron chi connectivity index (χ1n) is 10.7. The summed E-state index contributed by atoms with van der Waals surface area (Å²) in [4.78, 5) is 19.4. The Labute approximate surface area is 202 Å². The summed E-state index contributed by atoms with van der Waals surface area (Å²) in [5.41, 5.74) is 3.22. The monoisotopic (exact) mass is 475 g/mol. The third-order valence-corrected chi connectivity index (χ3v) is 6.42. The zero-order valence-corrected chi connectivity index (χ0v) is 19.2. The molecule has 2 aromatic carbocycles. The Balaban J connectivity index is 1.36. The summed E-state index contributed by atoms with van der Waals surface area (Å²) in [5, 5.41) is 9.15. The van der Waals surface area contributed by atoms with Gasteiger partial charge in [-0.3, -0.25) is 4.79 Å². The molecular formula is C24H20BCl2N5O. The van der Waals surface area contributed by atoms with Gasteiger partial charge in [-0.2, -0.15) is 9.61 Å². The van der Waals surface area contributed by atoms with E-state index in [1.807, 2.05) is 35.2 Å². The first-order valence-corrected chi connectivity index (χ1v) is 11.5. The highest BCUT2D eigenvalue weighted by Crippen LogP contribution is 2.29. The molecular weight excluding hydrogens is 456 g/mol. The summed E-state index contributed by atoms with van der Waals surface area (Å²) in [6.45, 7) is 1.30. The minimum absolute atomic E-state index is 0.00288. The second kappa shape index (κ2) is 9.08. The van der Waals surface area contributed by atoms with Crippen LogP contribution in [-0.4, -0.2) is 52.4 Å². The molecule has 2 aromatic heterocycles. The van der Waals surface area contributed by atoms with Crippen LogP contribution in [0.3, 0.4) is 0 Å². The minimum Gasteiger partial charge on any atom is -0.367 e. The number of anilines is 1. The van der Waals surface area contributed by atoms with Crippen molar-refractivity contribution in [3.8, 4) is 11.3 Å². The smallest absolute Gasteiger partial charge is 0.253 e. The summed E-state index contributed by atoms with van der Waals surface area (Å²) in [6.07, 6.45) is 3.19. The van der Waals surface area contributed by atoms with Gasteiger partial charge in [0.05, 0.1) is 5.69 Å². The third kappa shape index (κ3) is 4.43. The highest BCUT2D eigenvalue weighted by Gasteiger charge is 2.25. The van der Waals surface area contributed by atoms with E-state index >= 15 is 0 Å². The molecule has 0 spiro atoms. The molecule has 2 radical (unpaired) electrons. The molecule has 1 aliphatic rings. The fourth-order valence-electron chi connectivity index (χ4n) is 4.13. The minimum atomic E-state index is 0.00288. The maximum Gasteiger partial charge on any atom is 0.253 e. The zero-order valence-electron chi connectivity index (χ0n) is 17.7. The molecule has 0 unspecified atom stereocenters. The molecule has 0 saturated carbocycles. The largest absolute Gasteiger partial charge is 0.367 e. The van der Waals surface area contributed by atoms with Crippen LogP contribution in [0.2, 0.25) is 10.0 Å². The van der Waals surface area contributed by atoms with Crippen LogP contribution in [-0.2, 0) is 0 Å². The fourth-order valence-corrected chi connectivity index (χ4v) is 4.55. The van der Waals surface area contributed by atoms with Crippen molar-refractivity contribution in [2.45, 2.75) is 18.9 Å². The third-order valence-electron chi connectivity index (χ3n) is 5.85. The van der Waals surface area contributed by atoms with Gasteiger partial charge in [-0.25, -0.2) is 4.98 Å². The summed E-state index contributed by atoms with van der Waals surface area (Å²) in [5.74, 6) is 0.786. The molecule has 0 aliphatic carbocycles. The maximum atomic E-state index is 12.8. The van der Waals surface area contributed by atoms with Crippen molar-refractivity contribution >= 4 is 53.9 Å². The van der Waals surface area contributed by atoms with Gasteiger partial charge in [0.2, 0.25) is 0 Å². The van der Waals surface area contributed by atoms with Gasteiger partial charge in [0.25, 0.3) is 5.91 Å². The lowest BCUT2D eigenvalue weighted by Gasteiger charge is -2.33. The van der Waals surface area contributed by atoms with E-state index in [2.05, 4.69) is 15.4 Å². The van der Waals surface area contributed by atoms with Gasteiger partial charge in [0.15, 0.2) is 5.65 Å². The molecule has 1 saturated heterocycles. The highest BCUT2D eigenvalue weighted by molar-refractivity contribution is 6.36. The normalized spacial score (nSPS) is 14.5. The van der Waals surface area contributed by atoms with Crippen molar-refractivity contribution in [2.24, 2.45) is 0 Å². The number of hydrogen-bond acceptors (Lipinski definition) is 4. The Hall–Kier alpha value is -3.03. The van der Waals surface area contributed by atoms with E-state index in [9.17, 15) is 4.79 Å². The maximum absolute atomic E-state index is 12.8. The van der Waals surface area contributed by atoms with Crippen LogP contribution in [0.25, 0.3) is 16.9 Å². The lowest BCUT2D eigenvalue weighted by molar-refractivity contribution is 0.0718. The number of carbonyl (C=O) groups excluding carboxylic acids is 1. The van der Waals surface area contributed by atoms with Crippen LogP contribution in [0.1, 0.15) is 23.2 Å². The van der Waals surface area contributed by atoms with Crippen LogP contribution in [0.4, 0.5) is 5.82 Å². The predicted molar refractivity (Wildman–Crippen MR) is 133 cm³/mol. The Kier molecular flexibility index (Phi) is 6.00. The van der Waals surface area contributed by atoms with Crippen molar-refractivity contribution < 1.29 is 4.79 Å². The highest BCUT2D eigenvalue weighted by atomic mass is 35.5. The number of nitrogens with one attached hydrogen (secondary N) is 1. The van der Waals surface area contributed by atoms with E-state index in [-0.39, 0.29) is 11.9 Å². The summed E-state index contributed by atoms with van der Waals surface area (Å²) in [6, 6.07) is 16.7. The van der Waals surface area contributed by atoms with Crippen molar-refractivity contribution in [3.05, 3.63) is 76.4 Å². The number of halogens is 2. The van der Waals surface area contributed by atoms with Gasteiger partial charge < -0.3 is 10.2 Å². The van der Waals surface area contributed by atoms with Crippen LogP contribution in [0.15, 0.2) is 60.8 Å². The SMILES string of the molecule is [B]c1cnn2c(NC3CCN(C(=O)c4cccc(Cl)c4)CC3)cc(-c3ccccc3Cl)nc12. The summed E-state index contributed by atoms with van der Waals surface area (Å²) >= 11 is 12.5. The van der Waals surface area contributed by atoms with Gasteiger partial charge in [0.1, 0.15) is 13.7 Å². The van der Waals surface area contributed by atoms with E-state index in [1.165, 1.54) is 0 Å². The predicted octanol–water partition coefficient (Wildman–Crippen LogP) is 4.21. The number of hydrogen-bond donors (Lipinski definition) is 1. The molecule has 5 rings (SSSR count). The first kappa shape index (κ1) is 21.8. The first-order chi connectivity index (χ1) is 16.0. The van der Waals surface area contributed by atoms with Gasteiger partial charge in [-0.05, 0) is 42.6 Å². The van der Waals surface area contributed by atoms with Crippen molar-refractivity contribution in [1.82, 2.24) is 19.5 Å². The quantitative estimate of drug-likeness (QED) is 0.449. The van der Waals surface area contributed by atoms with E-state index in [0.29, 0.717) is 39.8 Å². The molecule has 1 N–H and O–H groups in total. The number of likely N-dealkylation sites (tertiary alicyclic amines) is 1. The molecule has 1 fully saturated rings. The molecule has 0 atom stereocenters. The number of fused-ring (bicyclic) bond motifs is 1. The van der Waals surface area contributed by atoms with E-state index in [0.717, 1.165) is 29.9 Å². The van der Waals surface area contributed by atoms with Crippen molar-refractivity contribution in [3.63, 3.8) is 0 Å². The molecule has 6 nitrogen and oxygen atoms in total. The molecule has 1 amide bonds. The van der Waals surface area contributed by atoms with E-state index < -0.39 is 0 Å². The standard InChI is InChI=1S/C24H20BCl2N5O/c25-19-14-28-32-22(13-21(30-23(19)32)18-6-1-2-7-20(18)27)29-17-8-10-31(11-9-17)24(33)15-4-3-5-16(26)12-15/h1-7,12-14,17,29H,8-11H2. The van der Waals surface area contributed by atoms with Crippen LogP contribution in [0, 0.1) is 0 Å². The Morgan fingerprint density at radius 1 is 1.06 bits per heavy atom. The number of rotatable bonds is 4. The molecule has 164 valence electrons. The van der Waals surface area contributed by atoms with E-state index in [1.54, 1.807) is 35.0 Å². The molecule has 9 heteroatoms. The molecule has 3 heterocycles. The molecule has 4 aromatic rings. The Morgan fingerprint density at radius 3 is 2.61 bits per heavy atom. The molecule has 1 aliphatic heterocycles. The van der Waals surface area contributed by atoms with Gasteiger partial charge in [-0.1, -0.05) is 47.5 Å². The number of piperidine rings is 1. The van der Waals surface area contributed by atoms with E-state index in [4.69, 9.17) is 31.0 Å². The van der Waals surface area contributed by atoms with Crippen LogP contribution in [0.5, 0.6) is 0 Å². The second-order valence-electron chi connectivity index (χ2n) is 8.06. The topological polar surface area (TPSA) is 62.5 Å². The lowest BCUT2D eigenvalue weighted by Crippen LogP contribution is -2.42. The lowest BCUT2D eigenvalue weighted by atomic mass is 10.0. The van der Waals surface area contributed by atoms with Gasteiger partial charge >= 0.3 is 0 Å². The van der Waals surface area contributed by atoms with Crippen LogP contribution >= 0.6 is 23.2 Å². The number of nitrogens with zero attached hydrogens (tertiary/aromatic N) is 4. The summed E-state index contributed by atoms with van der Waals surface area (Å²) < 4.78 is 1.71. The fraction of sp³-hybridized carbons (Fsp3) is 0.208. The number of benzene rings is 2. The second-order valence-corrected chi connectivity index (χ2v) is 8.91. The zero-order chi connectivity index (χ0) is 22.9.